The van der Waals surface area contributed by atoms with Crippen LogP contribution in [-0.4, -0.2) is 36.4 Å². The molecule has 1 aromatic heterocycles. The molecule has 3 rings (SSSR count). The Balaban J connectivity index is 2.08. The van der Waals surface area contributed by atoms with E-state index in [4.69, 9.17) is 0 Å². The summed E-state index contributed by atoms with van der Waals surface area (Å²) < 4.78 is 2.31. The molecule has 0 radical (unpaired) electrons. The molecular weight excluding hydrogens is 272 g/mol. The van der Waals surface area contributed by atoms with Gasteiger partial charge >= 0.3 is 0 Å². The third kappa shape index (κ3) is 2.90. The molecular formula is C19H22N2O. The molecule has 0 saturated carbocycles. The number of carbonyl (C=O) groups excluding carboxylic acids is 1. The third-order valence-corrected chi connectivity index (χ3v) is 4.21. The van der Waals surface area contributed by atoms with Crippen LogP contribution in [0.1, 0.15) is 33.6 Å². The van der Waals surface area contributed by atoms with Gasteiger partial charge in [0.1, 0.15) is 6.29 Å². The fourth-order valence-electron chi connectivity index (χ4n) is 3.05. The molecule has 3 nitrogen and oxygen atoms in total. The van der Waals surface area contributed by atoms with Crippen molar-refractivity contribution in [2.24, 2.45) is 0 Å². The molecule has 0 bridgehead atoms. The largest absolute Gasteiger partial charge is 0.347 e. The van der Waals surface area contributed by atoms with Crippen molar-refractivity contribution in [1.29, 1.82) is 0 Å². The third-order valence-electron chi connectivity index (χ3n) is 4.21. The Labute approximate surface area is 131 Å². The van der Waals surface area contributed by atoms with Gasteiger partial charge in [0.25, 0.3) is 0 Å². The SMILES string of the molecule is CN(C)CCC=C1c2cc(C=O)ccc2CCn2cccc21. The number of hydrogen-bond donors (Lipinski definition) is 0. The van der Waals surface area contributed by atoms with E-state index in [2.05, 4.69) is 54.0 Å². The number of rotatable bonds is 4. The molecule has 0 saturated heterocycles. The number of fused-ring (bicyclic) bond motifs is 2. The van der Waals surface area contributed by atoms with E-state index in [1.165, 1.54) is 22.4 Å². The molecule has 0 fully saturated rings. The van der Waals surface area contributed by atoms with Gasteiger partial charge in [-0.05, 0) is 56.3 Å². The Hall–Kier alpha value is -2.13. The first-order valence-electron chi connectivity index (χ1n) is 7.78. The predicted octanol–water partition coefficient (Wildman–Crippen LogP) is 3.24. The molecule has 0 atom stereocenters. The summed E-state index contributed by atoms with van der Waals surface area (Å²) in [6, 6.07) is 10.3. The summed E-state index contributed by atoms with van der Waals surface area (Å²) in [5, 5.41) is 0. The number of nitrogens with zero attached hydrogens (tertiary/aromatic N) is 2. The van der Waals surface area contributed by atoms with Crippen molar-refractivity contribution in [3.05, 3.63) is 65.0 Å². The van der Waals surface area contributed by atoms with E-state index in [1.54, 1.807) is 0 Å². The van der Waals surface area contributed by atoms with Crippen molar-refractivity contribution in [2.75, 3.05) is 20.6 Å². The minimum absolute atomic E-state index is 0.747. The molecule has 3 heteroatoms. The lowest BCUT2D eigenvalue weighted by Gasteiger charge is -2.12. The maximum atomic E-state index is 11.2. The van der Waals surface area contributed by atoms with Gasteiger partial charge in [-0.2, -0.15) is 0 Å². The minimum atomic E-state index is 0.747. The first-order chi connectivity index (χ1) is 10.7. The lowest BCUT2D eigenvalue weighted by atomic mass is 9.94. The second-order valence-corrected chi connectivity index (χ2v) is 6.08. The van der Waals surface area contributed by atoms with Crippen molar-refractivity contribution < 1.29 is 4.79 Å². The Morgan fingerprint density at radius 3 is 2.91 bits per heavy atom. The second-order valence-electron chi connectivity index (χ2n) is 6.08. The maximum Gasteiger partial charge on any atom is 0.150 e. The molecule has 0 unspecified atom stereocenters. The Kier molecular flexibility index (Phi) is 4.25. The normalized spacial score (nSPS) is 15.5. The van der Waals surface area contributed by atoms with Crippen LogP contribution in [0.2, 0.25) is 0 Å². The highest BCUT2D eigenvalue weighted by Gasteiger charge is 2.17. The first-order valence-corrected chi connectivity index (χ1v) is 7.78. The average molecular weight is 294 g/mol. The summed E-state index contributed by atoms with van der Waals surface area (Å²) in [4.78, 5) is 13.3. The lowest BCUT2D eigenvalue weighted by molar-refractivity contribution is 0.112. The highest BCUT2D eigenvalue weighted by molar-refractivity contribution is 5.84. The topological polar surface area (TPSA) is 25.2 Å². The van der Waals surface area contributed by atoms with E-state index in [9.17, 15) is 4.79 Å². The molecule has 1 aliphatic heterocycles. The fourth-order valence-corrected chi connectivity index (χ4v) is 3.05. The Morgan fingerprint density at radius 2 is 2.14 bits per heavy atom. The van der Waals surface area contributed by atoms with E-state index in [0.717, 1.165) is 37.8 Å². The van der Waals surface area contributed by atoms with Crippen LogP contribution in [0.4, 0.5) is 0 Å². The molecule has 1 aromatic carbocycles. The minimum Gasteiger partial charge on any atom is -0.347 e. The predicted molar refractivity (Wildman–Crippen MR) is 90.2 cm³/mol. The van der Waals surface area contributed by atoms with Gasteiger partial charge < -0.3 is 9.47 Å². The number of hydrogen-bond acceptors (Lipinski definition) is 2. The summed E-state index contributed by atoms with van der Waals surface area (Å²) in [6.07, 6.45) is 7.38. The first kappa shape index (κ1) is 14.8. The van der Waals surface area contributed by atoms with Crippen molar-refractivity contribution in [1.82, 2.24) is 9.47 Å². The quantitative estimate of drug-likeness (QED) is 0.809. The standard InChI is InChI=1S/C19H22N2O/c1-20(2)10-3-5-17-18-13-15(14-22)7-8-16(18)9-12-21-11-4-6-19(17)21/h4-8,11,13-14H,3,9-10,12H2,1-2H3. The molecule has 0 aliphatic carbocycles. The molecule has 0 amide bonds. The maximum absolute atomic E-state index is 11.2. The van der Waals surface area contributed by atoms with E-state index in [0.29, 0.717) is 0 Å². The molecule has 114 valence electrons. The number of benzene rings is 1. The molecule has 2 heterocycles. The van der Waals surface area contributed by atoms with Crippen LogP contribution in [0.25, 0.3) is 5.57 Å². The van der Waals surface area contributed by atoms with Crippen molar-refractivity contribution in [2.45, 2.75) is 19.4 Å². The van der Waals surface area contributed by atoms with E-state index in [1.807, 2.05) is 12.1 Å². The van der Waals surface area contributed by atoms with Gasteiger partial charge in [-0.25, -0.2) is 0 Å². The number of carbonyl (C=O) groups is 1. The second kappa shape index (κ2) is 6.32. The zero-order valence-electron chi connectivity index (χ0n) is 13.2. The number of aldehydes is 1. The highest BCUT2D eigenvalue weighted by atomic mass is 16.1. The van der Waals surface area contributed by atoms with Gasteiger partial charge in [-0.15, -0.1) is 0 Å². The van der Waals surface area contributed by atoms with Gasteiger partial charge in [0, 0.05) is 36.1 Å². The molecule has 1 aliphatic rings. The van der Waals surface area contributed by atoms with Crippen molar-refractivity contribution in [3.63, 3.8) is 0 Å². The fraction of sp³-hybridized carbons (Fsp3) is 0.316. The smallest absolute Gasteiger partial charge is 0.150 e. The molecule has 0 spiro atoms. The van der Waals surface area contributed by atoms with Crippen LogP contribution < -0.4 is 0 Å². The molecule has 22 heavy (non-hydrogen) atoms. The Bertz CT molecular complexity index is 710. The highest BCUT2D eigenvalue weighted by Crippen LogP contribution is 2.31. The van der Waals surface area contributed by atoms with Crippen LogP contribution in [-0.2, 0) is 13.0 Å². The van der Waals surface area contributed by atoms with E-state index in [-0.39, 0.29) is 0 Å². The van der Waals surface area contributed by atoms with Crippen molar-refractivity contribution in [3.8, 4) is 0 Å². The van der Waals surface area contributed by atoms with Gasteiger partial charge in [-0.3, -0.25) is 4.79 Å². The van der Waals surface area contributed by atoms with Crippen LogP contribution >= 0.6 is 0 Å². The van der Waals surface area contributed by atoms with Gasteiger partial charge in [0.05, 0.1) is 0 Å². The zero-order valence-corrected chi connectivity index (χ0v) is 13.2. The molecule has 2 aromatic rings. The zero-order chi connectivity index (χ0) is 15.5. The lowest BCUT2D eigenvalue weighted by Crippen LogP contribution is -2.12. The van der Waals surface area contributed by atoms with Gasteiger partial charge in [0.2, 0.25) is 0 Å². The van der Waals surface area contributed by atoms with Gasteiger partial charge in [0.15, 0.2) is 0 Å². The summed E-state index contributed by atoms with van der Waals surface area (Å²) in [5.41, 5.74) is 5.78. The summed E-state index contributed by atoms with van der Waals surface area (Å²) in [6.45, 7) is 2.01. The van der Waals surface area contributed by atoms with Crippen LogP contribution in [0.15, 0.2) is 42.6 Å². The monoisotopic (exact) mass is 294 g/mol. The van der Waals surface area contributed by atoms with Gasteiger partial charge in [-0.1, -0.05) is 18.2 Å². The summed E-state index contributed by atoms with van der Waals surface area (Å²) in [5.74, 6) is 0. The van der Waals surface area contributed by atoms with Crippen LogP contribution in [0.5, 0.6) is 0 Å². The Morgan fingerprint density at radius 1 is 1.27 bits per heavy atom. The van der Waals surface area contributed by atoms with E-state index < -0.39 is 0 Å². The molecule has 0 N–H and O–H groups in total. The van der Waals surface area contributed by atoms with E-state index >= 15 is 0 Å². The number of aromatic nitrogens is 1. The van der Waals surface area contributed by atoms with Crippen molar-refractivity contribution >= 4 is 11.9 Å². The van der Waals surface area contributed by atoms with Crippen LogP contribution in [0.3, 0.4) is 0 Å². The number of aryl methyl sites for hydroxylation is 2. The summed E-state index contributed by atoms with van der Waals surface area (Å²) in [7, 11) is 4.18. The van der Waals surface area contributed by atoms with Crippen LogP contribution in [0, 0.1) is 0 Å². The average Bonchev–Trinajstić information content (AvgIpc) is 2.92. The summed E-state index contributed by atoms with van der Waals surface area (Å²) >= 11 is 0.